The van der Waals surface area contributed by atoms with Crippen molar-refractivity contribution in [2.45, 2.75) is 26.4 Å². The van der Waals surface area contributed by atoms with Gasteiger partial charge in [-0.25, -0.2) is 9.97 Å². The van der Waals surface area contributed by atoms with E-state index in [0.717, 1.165) is 41.5 Å². The third kappa shape index (κ3) is 3.07. The van der Waals surface area contributed by atoms with Crippen LogP contribution >= 0.6 is 0 Å². The Kier molecular flexibility index (Phi) is 3.90. The molecule has 5 nitrogen and oxygen atoms in total. The summed E-state index contributed by atoms with van der Waals surface area (Å²) < 4.78 is 11.6. The predicted octanol–water partition coefficient (Wildman–Crippen LogP) is 2.74. The summed E-state index contributed by atoms with van der Waals surface area (Å²) in [5, 5.41) is 3.34. The molecule has 3 rings (SSSR count). The van der Waals surface area contributed by atoms with Crippen molar-refractivity contribution >= 4 is 5.82 Å². The van der Waals surface area contributed by atoms with Crippen molar-refractivity contribution in [3.05, 3.63) is 41.9 Å². The zero-order valence-electron chi connectivity index (χ0n) is 12.3. The molecule has 0 saturated carbocycles. The lowest BCUT2D eigenvalue weighted by molar-refractivity contribution is 0.0873. The third-order valence-corrected chi connectivity index (χ3v) is 3.66. The van der Waals surface area contributed by atoms with Gasteiger partial charge in [0.1, 0.15) is 24.9 Å². The fourth-order valence-electron chi connectivity index (χ4n) is 2.27. The number of aromatic nitrogens is 2. The van der Waals surface area contributed by atoms with E-state index in [-0.39, 0.29) is 6.10 Å². The molecule has 0 saturated heterocycles. The minimum Gasteiger partial charge on any atom is -0.486 e. The molecular formula is C16H19N3O2. The van der Waals surface area contributed by atoms with Gasteiger partial charge in [-0.2, -0.15) is 0 Å². The highest BCUT2D eigenvalue weighted by molar-refractivity contribution is 5.44. The highest BCUT2D eigenvalue weighted by atomic mass is 16.6. The molecule has 1 unspecified atom stereocenters. The van der Waals surface area contributed by atoms with Gasteiger partial charge in [0.25, 0.3) is 0 Å². The fourth-order valence-corrected chi connectivity index (χ4v) is 2.27. The summed E-state index contributed by atoms with van der Waals surface area (Å²) in [5.41, 5.74) is 2.09. The number of nitrogens with zero attached hydrogens (tertiary/aromatic N) is 2. The molecule has 0 radical (unpaired) electrons. The Hall–Kier alpha value is -2.30. The van der Waals surface area contributed by atoms with Crippen LogP contribution < -0.4 is 14.8 Å². The van der Waals surface area contributed by atoms with Crippen LogP contribution in [0.4, 0.5) is 5.82 Å². The van der Waals surface area contributed by atoms with Gasteiger partial charge in [0.2, 0.25) is 0 Å². The summed E-state index contributed by atoms with van der Waals surface area (Å²) in [6, 6.07) is 7.77. The summed E-state index contributed by atoms with van der Waals surface area (Å²) in [6.45, 7) is 5.37. The van der Waals surface area contributed by atoms with Crippen LogP contribution in [0.3, 0.4) is 0 Å². The second-order valence-corrected chi connectivity index (χ2v) is 5.15. The minimum absolute atomic E-state index is 0.0654. The van der Waals surface area contributed by atoms with Crippen molar-refractivity contribution in [2.75, 3.05) is 18.5 Å². The van der Waals surface area contributed by atoms with Gasteiger partial charge in [0, 0.05) is 24.2 Å². The summed E-state index contributed by atoms with van der Waals surface area (Å²) >= 11 is 0. The molecule has 1 aliphatic heterocycles. The number of nitrogens with one attached hydrogen (secondary N) is 1. The number of hydrogen-bond acceptors (Lipinski definition) is 5. The normalized spacial score (nSPS) is 16.6. The number of hydrogen-bond donors (Lipinski definition) is 1. The SMILES string of the molecule is Cc1ncnc(NCCC2COc3ccccc3O2)c1C. The maximum Gasteiger partial charge on any atom is 0.161 e. The molecule has 1 aromatic carbocycles. The molecule has 1 N–H and O–H groups in total. The van der Waals surface area contributed by atoms with E-state index in [0.29, 0.717) is 6.61 Å². The standard InChI is InChI=1S/C16H19N3O2/c1-11-12(2)18-10-19-16(11)17-8-7-13-9-20-14-5-3-4-6-15(14)21-13/h3-6,10,13H,7-9H2,1-2H3,(H,17,18,19). The first-order valence-corrected chi connectivity index (χ1v) is 7.14. The molecule has 0 fully saturated rings. The Morgan fingerprint density at radius 1 is 1.19 bits per heavy atom. The van der Waals surface area contributed by atoms with Crippen LogP contribution in [0.25, 0.3) is 0 Å². The monoisotopic (exact) mass is 285 g/mol. The van der Waals surface area contributed by atoms with Crippen molar-refractivity contribution in [1.82, 2.24) is 9.97 Å². The first-order chi connectivity index (χ1) is 10.2. The highest BCUT2D eigenvalue weighted by Crippen LogP contribution is 2.31. The van der Waals surface area contributed by atoms with Gasteiger partial charge in [-0.05, 0) is 26.0 Å². The second-order valence-electron chi connectivity index (χ2n) is 5.15. The second kappa shape index (κ2) is 5.99. The van der Waals surface area contributed by atoms with Crippen molar-refractivity contribution in [3.63, 3.8) is 0 Å². The summed E-state index contributed by atoms with van der Waals surface area (Å²) in [6.07, 6.45) is 2.51. The molecule has 0 bridgehead atoms. The van der Waals surface area contributed by atoms with E-state index in [2.05, 4.69) is 15.3 Å². The molecule has 110 valence electrons. The molecule has 1 aromatic heterocycles. The van der Waals surface area contributed by atoms with Crippen LogP contribution in [-0.4, -0.2) is 29.2 Å². The Morgan fingerprint density at radius 2 is 2.00 bits per heavy atom. The van der Waals surface area contributed by atoms with E-state index in [4.69, 9.17) is 9.47 Å². The molecule has 1 aliphatic rings. The Labute approximate surface area is 124 Å². The molecule has 2 heterocycles. The largest absolute Gasteiger partial charge is 0.486 e. The molecule has 1 atom stereocenters. The molecule has 21 heavy (non-hydrogen) atoms. The topological polar surface area (TPSA) is 56.3 Å². The summed E-state index contributed by atoms with van der Waals surface area (Å²) in [7, 11) is 0. The molecule has 0 amide bonds. The van der Waals surface area contributed by atoms with E-state index in [9.17, 15) is 0 Å². The number of rotatable bonds is 4. The zero-order valence-corrected chi connectivity index (χ0v) is 12.3. The van der Waals surface area contributed by atoms with Crippen molar-refractivity contribution in [3.8, 4) is 11.5 Å². The highest BCUT2D eigenvalue weighted by Gasteiger charge is 2.20. The van der Waals surface area contributed by atoms with Gasteiger partial charge in [-0.3, -0.25) is 0 Å². The number of anilines is 1. The number of fused-ring (bicyclic) bond motifs is 1. The third-order valence-electron chi connectivity index (χ3n) is 3.66. The van der Waals surface area contributed by atoms with Crippen molar-refractivity contribution in [1.29, 1.82) is 0 Å². The lowest BCUT2D eigenvalue weighted by Crippen LogP contribution is -2.31. The first kappa shape index (κ1) is 13.7. The maximum atomic E-state index is 5.93. The van der Waals surface area contributed by atoms with Crippen molar-refractivity contribution in [2.24, 2.45) is 0 Å². The molecular weight excluding hydrogens is 266 g/mol. The van der Waals surface area contributed by atoms with E-state index in [1.807, 2.05) is 38.1 Å². The molecule has 5 heteroatoms. The van der Waals surface area contributed by atoms with E-state index < -0.39 is 0 Å². The van der Waals surface area contributed by atoms with Crippen LogP contribution in [0.15, 0.2) is 30.6 Å². The van der Waals surface area contributed by atoms with Gasteiger partial charge in [0.15, 0.2) is 11.5 Å². The summed E-state index contributed by atoms with van der Waals surface area (Å²) in [5.74, 6) is 2.53. The quantitative estimate of drug-likeness (QED) is 0.936. The van der Waals surface area contributed by atoms with Crippen molar-refractivity contribution < 1.29 is 9.47 Å². The predicted molar refractivity (Wildman–Crippen MR) is 81.0 cm³/mol. The Balaban J connectivity index is 1.54. The van der Waals surface area contributed by atoms with Crippen LogP contribution in [0.2, 0.25) is 0 Å². The minimum atomic E-state index is 0.0654. The molecule has 0 spiro atoms. The fraction of sp³-hybridized carbons (Fsp3) is 0.375. The van der Waals surface area contributed by atoms with Crippen LogP contribution in [0.1, 0.15) is 17.7 Å². The van der Waals surface area contributed by atoms with E-state index in [1.165, 1.54) is 0 Å². The smallest absolute Gasteiger partial charge is 0.161 e. The van der Waals surface area contributed by atoms with Crippen LogP contribution in [-0.2, 0) is 0 Å². The maximum absolute atomic E-state index is 5.93. The van der Waals surface area contributed by atoms with E-state index >= 15 is 0 Å². The van der Waals surface area contributed by atoms with Gasteiger partial charge in [-0.15, -0.1) is 0 Å². The number of aryl methyl sites for hydroxylation is 1. The van der Waals surface area contributed by atoms with Gasteiger partial charge in [-0.1, -0.05) is 12.1 Å². The Morgan fingerprint density at radius 3 is 2.86 bits per heavy atom. The molecule has 2 aromatic rings. The molecule has 0 aliphatic carbocycles. The van der Waals surface area contributed by atoms with Crippen LogP contribution in [0.5, 0.6) is 11.5 Å². The van der Waals surface area contributed by atoms with Gasteiger partial charge in [0.05, 0.1) is 0 Å². The van der Waals surface area contributed by atoms with Gasteiger partial charge >= 0.3 is 0 Å². The lowest BCUT2D eigenvalue weighted by Gasteiger charge is -2.26. The first-order valence-electron chi connectivity index (χ1n) is 7.14. The number of para-hydroxylation sites is 2. The lowest BCUT2D eigenvalue weighted by atomic mass is 10.2. The number of benzene rings is 1. The summed E-state index contributed by atoms with van der Waals surface area (Å²) in [4.78, 5) is 8.43. The van der Waals surface area contributed by atoms with Crippen LogP contribution in [0, 0.1) is 13.8 Å². The zero-order chi connectivity index (χ0) is 14.7. The Bertz CT molecular complexity index is 631. The average Bonchev–Trinajstić information content (AvgIpc) is 2.51. The number of ether oxygens (including phenoxy) is 2. The van der Waals surface area contributed by atoms with Gasteiger partial charge < -0.3 is 14.8 Å². The van der Waals surface area contributed by atoms with E-state index in [1.54, 1.807) is 6.33 Å². The average molecular weight is 285 g/mol.